The standard InChI is InChI=1S/C21H18N4O5/c1-30-18-10-7-16(8-11-18)20(13-15-5-3-2-4-6-15)23-22-19-12-9-17(24(26)27)14-21(19)25(28)29/h2-12,14,22H,13H2,1H3/b23-20-. The molecule has 3 aromatic carbocycles. The molecule has 30 heavy (non-hydrogen) atoms. The maximum atomic E-state index is 11.4. The zero-order valence-electron chi connectivity index (χ0n) is 16.0. The molecule has 3 rings (SSSR count). The zero-order chi connectivity index (χ0) is 21.5. The van der Waals surface area contributed by atoms with Crippen molar-refractivity contribution in [3.63, 3.8) is 0 Å². The maximum absolute atomic E-state index is 11.4. The Morgan fingerprint density at radius 3 is 2.27 bits per heavy atom. The van der Waals surface area contributed by atoms with Crippen molar-refractivity contribution >= 4 is 22.8 Å². The fourth-order valence-corrected chi connectivity index (χ4v) is 2.79. The highest BCUT2D eigenvalue weighted by molar-refractivity contribution is 6.02. The molecule has 0 radical (unpaired) electrons. The molecule has 0 amide bonds. The van der Waals surface area contributed by atoms with Crippen molar-refractivity contribution in [3.05, 3.63) is 104 Å². The first-order valence-electron chi connectivity index (χ1n) is 8.91. The summed E-state index contributed by atoms with van der Waals surface area (Å²) in [4.78, 5) is 20.9. The Balaban J connectivity index is 1.96. The van der Waals surface area contributed by atoms with Gasteiger partial charge in [-0.3, -0.25) is 25.7 Å². The van der Waals surface area contributed by atoms with E-state index in [2.05, 4.69) is 10.5 Å². The highest BCUT2D eigenvalue weighted by Gasteiger charge is 2.19. The van der Waals surface area contributed by atoms with Crippen molar-refractivity contribution < 1.29 is 14.6 Å². The summed E-state index contributed by atoms with van der Waals surface area (Å²) in [5, 5.41) is 26.7. The number of benzene rings is 3. The summed E-state index contributed by atoms with van der Waals surface area (Å²) in [6.45, 7) is 0. The number of rotatable bonds is 8. The SMILES string of the molecule is COc1ccc(/C(Cc2ccccc2)=N\Nc2ccc([N+](=O)[O-])cc2[N+](=O)[O-])cc1. The molecule has 0 aliphatic carbocycles. The van der Waals surface area contributed by atoms with Crippen LogP contribution in [0.4, 0.5) is 17.1 Å². The molecule has 0 aromatic heterocycles. The van der Waals surface area contributed by atoms with E-state index < -0.39 is 15.5 Å². The van der Waals surface area contributed by atoms with Crippen LogP contribution in [0, 0.1) is 20.2 Å². The quantitative estimate of drug-likeness (QED) is 0.332. The van der Waals surface area contributed by atoms with Crippen LogP contribution in [0.3, 0.4) is 0 Å². The first-order valence-corrected chi connectivity index (χ1v) is 8.91. The van der Waals surface area contributed by atoms with Crippen molar-refractivity contribution in [2.75, 3.05) is 12.5 Å². The summed E-state index contributed by atoms with van der Waals surface area (Å²) in [6.07, 6.45) is 0.473. The minimum absolute atomic E-state index is 0.0599. The number of nitro benzene ring substituents is 2. The lowest BCUT2D eigenvalue weighted by atomic mass is 10.0. The largest absolute Gasteiger partial charge is 0.497 e. The molecule has 0 saturated heterocycles. The van der Waals surface area contributed by atoms with Crippen molar-refractivity contribution in [2.24, 2.45) is 5.10 Å². The fraction of sp³-hybridized carbons (Fsp3) is 0.0952. The van der Waals surface area contributed by atoms with E-state index in [-0.39, 0.29) is 11.4 Å². The molecule has 9 heteroatoms. The molecule has 9 nitrogen and oxygen atoms in total. The summed E-state index contributed by atoms with van der Waals surface area (Å²) in [7, 11) is 1.57. The predicted octanol–water partition coefficient (Wildman–Crippen LogP) is 4.57. The molecule has 152 valence electrons. The number of non-ortho nitro benzene ring substituents is 1. The van der Waals surface area contributed by atoms with Crippen LogP contribution in [0.1, 0.15) is 11.1 Å². The van der Waals surface area contributed by atoms with Gasteiger partial charge in [0.2, 0.25) is 0 Å². The first-order chi connectivity index (χ1) is 14.5. The van der Waals surface area contributed by atoms with Gasteiger partial charge in [-0.15, -0.1) is 0 Å². The Hall–Kier alpha value is -4.27. The van der Waals surface area contributed by atoms with Gasteiger partial charge in [-0.1, -0.05) is 30.3 Å². The number of ether oxygens (including phenoxy) is 1. The van der Waals surface area contributed by atoms with Gasteiger partial charge in [-0.25, -0.2) is 0 Å². The molecular formula is C21H18N4O5. The zero-order valence-corrected chi connectivity index (χ0v) is 16.0. The third-order valence-electron chi connectivity index (χ3n) is 4.34. The van der Waals surface area contributed by atoms with Gasteiger partial charge < -0.3 is 4.74 Å². The van der Waals surface area contributed by atoms with Crippen LogP contribution < -0.4 is 10.2 Å². The lowest BCUT2D eigenvalue weighted by Crippen LogP contribution is -2.09. The molecule has 0 spiro atoms. The van der Waals surface area contributed by atoms with Crippen LogP contribution in [0.15, 0.2) is 77.9 Å². The molecule has 0 atom stereocenters. The van der Waals surface area contributed by atoms with Crippen molar-refractivity contribution in [3.8, 4) is 5.75 Å². The molecule has 0 unspecified atom stereocenters. The highest BCUT2D eigenvalue weighted by Crippen LogP contribution is 2.29. The topological polar surface area (TPSA) is 120 Å². The average molecular weight is 406 g/mol. The van der Waals surface area contributed by atoms with Gasteiger partial charge in [-0.05, 0) is 41.5 Å². The average Bonchev–Trinajstić information content (AvgIpc) is 2.77. The van der Waals surface area contributed by atoms with Crippen LogP contribution in [-0.4, -0.2) is 22.7 Å². The third-order valence-corrected chi connectivity index (χ3v) is 4.34. The van der Waals surface area contributed by atoms with E-state index in [1.54, 1.807) is 19.2 Å². The second-order valence-corrected chi connectivity index (χ2v) is 6.28. The number of hydrazone groups is 1. The van der Waals surface area contributed by atoms with E-state index in [1.807, 2.05) is 42.5 Å². The smallest absolute Gasteiger partial charge is 0.301 e. The van der Waals surface area contributed by atoms with E-state index in [1.165, 1.54) is 12.1 Å². The van der Waals surface area contributed by atoms with Gasteiger partial charge in [0, 0.05) is 12.5 Å². The minimum Gasteiger partial charge on any atom is -0.497 e. The highest BCUT2D eigenvalue weighted by atomic mass is 16.6. The summed E-state index contributed by atoms with van der Waals surface area (Å²) in [5.41, 5.74) is 4.41. The number of hydrogen-bond donors (Lipinski definition) is 1. The molecule has 0 bridgehead atoms. The van der Waals surface area contributed by atoms with Gasteiger partial charge in [0.15, 0.2) is 0 Å². The number of hydrogen-bond acceptors (Lipinski definition) is 7. The van der Waals surface area contributed by atoms with Crippen LogP contribution in [0.5, 0.6) is 5.75 Å². The molecule has 0 heterocycles. The second kappa shape index (κ2) is 9.28. The maximum Gasteiger partial charge on any atom is 0.301 e. The van der Waals surface area contributed by atoms with Crippen LogP contribution in [0.2, 0.25) is 0 Å². The molecule has 3 aromatic rings. The molecule has 0 aliphatic rings. The van der Waals surface area contributed by atoms with Gasteiger partial charge >= 0.3 is 5.69 Å². The van der Waals surface area contributed by atoms with E-state index >= 15 is 0 Å². The monoisotopic (exact) mass is 406 g/mol. The Morgan fingerprint density at radius 2 is 1.67 bits per heavy atom. The normalized spacial score (nSPS) is 11.0. The van der Waals surface area contributed by atoms with E-state index in [4.69, 9.17) is 4.74 Å². The number of nitrogens with one attached hydrogen (secondary N) is 1. The molecule has 0 fully saturated rings. The number of anilines is 1. The summed E-state index contributed by atoms with van der Waals surface area (Å²) in [6, 6.07) is 20.3. The molecule has 0 saturated carbocycles. The van der Waals surface area contributed by atoms with Crippen molar-refractivity contribution in [1.82, 2.24) is 0 Å². The molecule has 0 aliphatic heterocycles. The first kappa shape index (κ1) is 20.5. The van der Waals surface area contributed by atoms with Crippen LogP contribution in [-0.2, 0) is 6.42 Å². The van der Waals surface area contributed by atoms with Crippen LogP contribution in [0.25, 0.3) is 0 Å². The van der Waals surface area contributed by atoms with Gasteiger partial charge in [-0.2, -0.15) is 5.10 Å². The Kier molecular flexibility index (Phi) is 6.33. The van der Waals surface area contributed by atoms with Crippen LogP contribution >= 0.6 is 0 Å². The lowest BCUT2D eigenvalue weighted by Gasteiger charge is -2.10. The number of methoxy groups -OCH3 is 1. The van der Waals surface area contributed by atoms with Crippen molar-refractivity contribution in [1.29, 1.82) is 0 Å². The predicted molar refractivity (Wildman–Crippen MR) is 113 cm³/mol. The van der Waals surface area contributed by atoms with Gasteiger partial charge in [0.1, 0.15) is 11.4 Å². The summed E-state index contributed by atoms with van der Waals surface area (Å²) >= 11 is 0. The van der Waals surface area contributed by atoms with E-state index in [9.17, 15) is 20.2 Å². The number of nitro groups is 2. The van der Waals surface area contributed by atoms with Gasteiger partial charge in [0.25, 0.3) is 5.69 Å². The Morgan fingerprint density at radius 1 is 0.967 bits per heavy atom. The number of nitrogens with zero attached hydrogens (tertiary/aromatic N) is 3. The lowest BCUT2D eigenvalue weighted by molar-refractivity contribution is -0.393. The van der Waals surface area contributed by atoms with Crippen molar-refractivity contribution in [2.45, 2.75) is 6.42 Å². The minimum atomic E-state index is -0.685. The van der Waals surface area contributed by atoms with Gasteiger partial charge in [0.05, 0.1) is 28.7 Å². The molecule has 1 N–H and O–H groups in total. The Bertz CT molecular complexity index is 1080. The van der Waals surface area contributed by atoms with E-state index in [0.29, 0.717) is 17.9 Å². The third kappa shape index (κ3) is 4.96. The molecular weight excluding hydrogens is 388 g/mol. The Labute approximate surface area is 171 Å². The fourth-order valence-electron chi connectivity index (χ4n) is 2.79. The van der Waals surface area contributed by atoms with E-state index in [0.717, 1.165) is 17.2 Å². The summed E-state index contributed by atoms with van der Waals surface area (Å²) in [5.74, 6) is 0.691. The second-order valence-electron chi connectivity index (χ2n) is 6.28. The summed E-state index contributed by atoms with van der Waals surface area (Å²) < 4.78 is 5.18.